The first-order valence-electron chi connectivity index (χ1n) is 6.00. The monoisotopic (exact) mass is 275 g/mol. The highest BCUT2D eigenvalue weighted by molar-refractivity contribution is 5.30. The summed E-state index contributed by atoms with van der Waals surface area (Å²) in [4.78, 5) is 0. The fourth-order valence-corrected chi connectivity index (χ4v) is 1.79. The molecular weight excluding hydrogens is 258 g/mol. The van der Waals surface area contributed by atoms with Crippen LogP contribution in [-0.2, 0) is 6.18 Å². The summed E-state index contributed by atoms with van der Waals surface area (Å²) in [6, 6.07) is 1.96. The van der Waals surface area contributed by atoms with Crippen molar-refractivity contribution in [1.82, 2.24) is 5.32 Å². The summed E-state index contributed by atoms with van der Waals surface area (Å²) in [7, 11) is 1.59. The van der Waals surface area contributed by atoms with Gasteiger partial charge in [0, 0.05) is 11.6 Å². The smallest absolute Gasteiger partial charge is 0.313 e. The maximum Gasteiger partial charge on any atom is 0.416 e. The van der Waals surface area contributed by atoms with Gasteiger partial charge in [-0.2, -0.15) is 13.2 Å². The van der Waals surface area contributed by atoms with Crippen molar-refractivity contribution in [3.05, 3.63) is 47.3 Å². The molecule has 1 N–H and O–H groups in total. The topological polar surface area (TPSA) is 12.0 Å². The summed E-state index contributed by atoms with van der Waals surface area (Å²) in [5, 5.41) is 2.83. The number of hydrogen-bond donors (Lipinski definition) is 1. The number of hydrogen-bond acceptors (Lipinski definition) is 1. The van der Waals surface area contributed by atoms with Crippen LogP contribution in [-0.4, -0.2) is 7.05 Å². The predicted octanol–water partition coefficient (Wildman–Crippen LogP) is 4.46. The van der Waals surface area contributed by atoms with Crippen molar-refractivity contribution in [3.8, 4) is 0 Å². The molecule has 0 radical (unpaired) electrons. The molecule has 1 nitrogen and oxygen atoms in total. The molecular formula is C14H17F4N. The summed E-state index contributed by atoms with van der Waals surface area (Å²) in [6.07, 6.45) is -3.35. The molecule has 0 aliphatic rings. The van der Waals surface area contributed by atoms with Crippen LogP contribution in [0.25, 0.3) is 0 Å². The lowest BCUT2D eigenvalue weighted by Crippen LogP contribution is -2.19. The van der Waals surface area contributed by atoms with Crippen molar-refractivity contribution in [2.24, 2.45) is 0 Å². The van der Waals surface area contributed by atoms with E-state index in [2.05, 4.69) is 11.9 Å². The van der Waals surface area contributed by atoms with Gasteiger partial charge < -0.3 is 5.32 Å². The standard InChI is InChI=1S/C14H17F4N/c1-4-9(2)7-13(19-3)11-8-10(14(16,17)18)5-6-12(11)15/h5-6,8,13,19H,2,4,7H2,1,3H3. The Morgan fingerprint density at radius 3 is 2.47 bits per heavy atom. The van der Waals surface area contributed by atoms with Gasteiger partial charge in [-0.3, -0.25) is 0 Å². The fraction of sp³-hybridized carbons (Fsp3) is 0.429. The Hall–Kier alpha value is -1.36. The van der Waals surface area contributed by atoms with Gasteiger partial charge >= 0.3 is 6.18 Å². The second-order valence-electron chi connectivity index (χ2n) is 4.38. The molecule has 5 heteroatoms. The van der Waals surface area contributed by atoms with Crippen molar-refractivity contribution < 1.29 is 17.6 Å². The normalized spacial score (nSPS) is 13.4. The first kappa shape index (κ1) is 15.7. The van der Waals surface area contributed by atoms with Gasteiger partial charge in [0.05, 0.1) is 5.56 Å². The summed E-state index contributed by atoms with van der Waals surface area (Å²) < 4.78 is 51.6. The average Bonchev–Trinajstić information content (AvgIpc) is 2.35. The number of alkyl halides is 3. The minimum atomic E-state index is -4.47. The number of halogens is 4. The highest BCUT2D eigenvalue weighted by Crippen LogP contribution is 2.33. The minimum Gasteiger partial charge on any atom is -0.313 e. The Morgan fingerprint density at radius 2 is 2.00 bits per heavy atom. The zero-order chi connectivity index (χ0) is 14.6. The van der Waals surface area contributed by atoms with Crippen molar-refractivity contribution in [3.63, 3.8) is 0 Å². The summed E-state index contributed by atoms with van der Waals surface area (Å²) in [5.74, 6) is -0.642. The molecule has 0 heterocycles. The summed E-state index contributed by atoms with van der Waals surface area (Å²) >= 11 is 0. The van der Waals surface area contributed by atoms with Crippen LogP contribution in [0.4, 0.5) is 17.6 Å². The summed E-state index contributed by atoms with van der Waals surface area (Å²) in [5.41, 5.74) is 0.0364. The average molecular weight is 275 g/mol. The molecule has 1 aromatic rings. The van der Waals surface area contributed by atoms with Crippen LogP contribution in [0.2, 0.25) is 0 Å². The SMILES string of the molecule is C=C(CC)CC(NC)c1cc(C(F)(F)F)ccc1F. The largest absolute Gasteiger partial charge is 0.416 e. The van der Waals surface area contributed by atoms with Crippen LogP contribution in [0, 0.1) is 5.82 Å². The third-order valence-electron chi connectivity index (χ3n) is 3.04. The van der Waals surface area contributed by atoms with E-state index in [0.717, 1.165) is 23.8 Å². The molecule has 0 aromatic heterocycles. The highest BCUT2D eigenvalue weighted by Gasteiger charge is 2.31. The second-order valence-corrected chi connectivity index (χ2v) is 4.38. The molecule has 0 aliphatic heterocycles. The Morgan fingerprint density at radius 1 is 1.37 bits per heavy atom. The summed E-state index contributed by atoms with van der Waals surface area (Å²) in [6.45, 7) is 5.70. The Bertz CT molecular complexity index is 451. The van der Waals surface area contributed by atoms with Crippen molar-refractivity contribution in [2.75, 3.05) is 7.05 Å². The lowest BCUT2D eigenvalue weighted by atomic mass is 9.96. The molecule has 0 saturated carbocycles. The van der Waals surface area contributed by atoms with Gasteiger partial charge in [0.25, 0.3) is 0 Å². The van der Waals surface area contributed by atoms with Crippen LogP contribution < -0.4 is 5.32 Å². The van der Waals surface area contributed by atoms with Gasteiger partial charge in [-0.25, -0.2) is 4.39 Å². The molecule has 0 saturated heterocycles. The Balaban J connectivity index is 3.12. The maximum atomic E-state index is 13.7. The fourth-order valence-electron chi connectivity index (χ4n) is 1.79. The lowest BCUT2D eigenvalue weighted by Gasteiger charge is -2.19. The number of benzene rings is 1. The van der Waals surface area contributed by atoms with Crippen LogP contribution in [0.1, 0.15) is 36.9 Å². The van der Waals surface area contributed by atoms with Gasteiger partial charge in [0.1, 0.15) is 5.82 Å². The van der Waals surface area contributed by atoms with E-state index in [1.807, 2.05) is 6.92 Å². The van der Waals surface area contributed by atoms with E-state index in [-0.39, 0.29) is 5.56 Å². The molecule has 19 heavy (non-hydrogen) atoms. The number of rotatable bonds is 5. The molecule has 0 spiro atoms. The van der Waals surface area contributed by atoms with Crippen molar-refractivity contribution in [1.29, 1.82) is 0 Å². The van der Waals surface area contributed by atoms with Crippen molar-refractivity contribution >= 4 is 0 Å². The van der Waals surface area contributed by atoms with Gasteiger partial charge in [0.15, 0.2) is 0 Å². The zero-order valence-electron chi connectivity index (χ0n) is 10.9. The molecule has 0 fully saturated rings. The third-order valence-corrected chi connectivity index (χ3v) is 3.04. The first-order valence-corrected chi connectivity index (χ1v) is 6.00. The molecule has 0 bridgehead atoms. The van der Waals surface area contributed by atoms with E-state index in [1.165, 1.54) is 0 Å². The molecule has 1 rings (SSSR count). The van der Waals surface area contributed by atoms with E-state index in [4.69, 9.17) is 0 Å². The predicted molar refractivity (Wildman–Crippen MR) is 67.3 cm³/mol. The lowest BCUT2D eigenvalue weighted by molar-refractivity contribution is -0.137. The van der Waals surface area contributed by atoms with Crippen LogP contribution in [0.15, 0.2) is 30.4 Å². The van der Waals surface area contributed by atoms with Gasteiger partial charge in [0.2, 0.25) is 0 Å². The molecule has 1 atom stereocenters. The van der Waals surface area contributed by atoms with E-state index >= 15 is 0 Å². The van der Waals surface area contributed by atoms with E-state index in [0.29, 0.717) is 12.8 Å². The zero-order valence-corrected chi connectivity index (χ0v) is 10.9. The first-order chi connectivity index (χ1) is 8.79. The van der Waals surface area contributed by atoms with Crippen molar-refractivity contribution in [2.45, 2.75) is 32.0 Å². The minimum absolute atomic E-state index is 0.0203. The Kier molecular flexibility index (Phi) is 5.11. The van der Waals surface area contributed by atoms with E-state index < -0.39 is 23.6 Å². The maximum absolute atomic E-state index is 13.7. The highest BCUT2D eigenvalue weighted by atomic mass is 19.4. The third kappa shape index (κ3) is 4.06. The van der Waals surface area contributed by atoms with E-state index in [9.17, 15) is 17.6 Å². The second kappa shape index (κ2) is 6.19. The molecule has 0 amide bonds. The quantitative estimate of drug-likeness (QED) is 0.618. The van der Waals surface area contributed by atoms with Crippen LogP contribution >= 0.6 is 0 Å². The van der Waals surface area contributed by atoms with Crippen LogP contribution in [0.5, 0.6) is 0 Å². The van der Waals surface area contributed by atoms with Gasteiger partial charge in [-0.05, 0) is 38.1 Å². The molecule has 1 aromatic carbocycles. The number of nitrogens with one attached hydrogen (secondary N) is 1. The van der Waals surface area contributed by atoms with Gasteiger partial charge in [-0.1, -0.05) is 19.1 Å². The Labute approximate surface area is 110 Å². The molecule has 0 aliphatic carbocycles. The van der Waals surface area contributed by atoms with E-state index in [1.54, 1.807) is 7.05 Å². The molecule has 106 valence electrons. The van der Waals surface area contributed by atoms with Crippen LogP contribution in [0.3, 0.4) is 0 Å². The van der Waals surface area contributed by atoms with Gasteiger partial charge in [-0.15, -0.1) is 0 Å². The molecule has 1 unspecified atom stereocenters.